The molecule has 0 saturated heterocycles. The van der Waals surface area contributed by atoms with Crippen molar-refractivity contribution in [1.29, 1.82) is 0 Å². The molecule has 94 valence electrons. The summed E-state index contributed by atoms with van der Waals surface area (Å²) < 4.78 is 44.2. The van der Waals surface area contributed by atoms with Gasteiger partial charge in [-0.15, -0.1) is 0 Å². The van der Waals surface area contributed by atoms with Crippen LogP contribution in [0, 0.1) is 5.92 Å². The van der Waals surface area contributed by atoms with Crippen molar-refractivity contribution in [2.24, 2.45) is 5.92 Å². The lowest BCUT2D eigenvalue weighted by Gasteiger charge is -2.31. The zero-order chi connectivity index (χ0) is 12.6. The van der Waals surface area contributed by atoms with E-state index in [1.807, 2.05) is 13.8 Å². The van der Waals surface area contributed by atoms with E-state index in [4.69, 9.17) is 4.74 Å². The van der Waals surface area contributed by atoms with Crippen molar-refractivity contribution in [3.8, 4) is 5.75 Å². The lowest BCUT2D eigenvalue weighted by atomic mass is 9.81. The topological polar surface area (TPSA) is 9.23 Å². The minimum atomic E-state index is -4.31. The van der Waals surface area contributed by atoms with Crippen LogP contribution in [0.25, 0.3) is 0 Å². The molecule has 1 aromatic rings. The Balaban J connectivity index is 2.57. The molecule has 0 saturated carbocycles. The minimum absolute atomic E-state index is 0.0726. The van der Waals surface area contributed by atoms with Gasteiger partial charge in [0, 0.05) is 5.56 Å². The lowest BCUT2D eigenvalue weighted by Crippen LogP contribution is -2.22. The van der Waals surface area contributed by atoms with Crippen LogP contribution in [0.15, 0.2) is 18.2 Å². The molecule has 0 aliphatic carbocycles. The summed E-state index contributed by atoms with van der Waals surface area (Å²) in [6, 6.07) is 4.17. The molecule has 0 amide bonds. The normalized spacial score (nSPS) is 20.0. The van der Waals surface area contributed by atoms with Gasteiger partial charge in [-0.2, -0.15) is 13.2 Å². The monoisotopic (exact) mass is 244 g/mol. The van der Waals surface area contributed by atoms with Gasteiger partial charge in [0.25, 0.3) is 0 Å². The highest BCUT2D eigenvalue weighted by Gasteiger charge is 2.38. The van der Waals surface area contributed by atoms with Crippen LogP contribution in [0.4, 0.5) is 13.2 Å². The van der Waals surface area contributed by atoms with E-state index in [-0.39, 0.29) is 11.8 Å². The largest absolute Gasteiger partial charge is 0.493 e. The Labute approximate surface area is 98.6 Å². The molecule has 0 radical (unpaired) electrons. The average molecular weight is 244 g/mol. The lowest BCUT2D eigenvalue weighted by molar-refractivity contribution is -0.138. The fraction of sp³-hybridized carbons (Fsp3) is 0.538. The second-order valence-corrected chi connectivity index (χ2v) is 4.70. The first-order valence-electron chi connectivity index (χ1n) is 5.74. The first-order valence-corrected chi connectivity index (χ1v) is 5.74. The Bertz CT molecular complexity index is 410. The summed E-state index contributed by atoms with van der Waals surface area (Å²) in [7, 11) is 0. The van der Waals surface area contributed by atoms with E-state index in [2.05, 4.69) is 0 Å². The molecule has 1 aliphatic rings. The van der Waals surface area contributed by atoms with E-state index in [9.17, 15) is 13.2 Å². The maximum Gasteiger partial charge on any atom is 0.416 e. The second-order valence-electron chi connectivity index (χ2n) is 4.70. The molecule has 1 nitrogen and oxygen atoms in total. The summed E-state index contributed by atoms with van der Waals surface area (Å²) in [6.45, 7) is 4.40. The summed E-state index contributed by atoms with van der Waals surface area (Å²) in [5.41, 5.74) is -0.213. The summed E-state index contributed by atoms with van der Waals surface area (Å²) in [4.78, 5) is 0. The van der Waals surface area contributed by atoms with Gasteiger partial charge >= 0.3 is 6.18 Å². The van der Waals surface area contributed by atoms with Crippen LogP contribution in [-0.2, 0) is 6.18 Å². The van der Waals surface area contributed by atoms with Crippen LogP contribution >= 0.6 is 0 Å². The van der Waals surface area contributed by atoms with Gasteiger partial charge in [0.05, 0.1) is 12.2 Å². The number of alkyl halides is 3. The van der Waals surface area contributed by atoms with Crippen molar-refractivity contribution >= 4 is 0 Å². The van der Waals surface area contributed by atoms with Gasteiger partial charge in [0.2, 0.25) is 0 Å². The molecule has 2 rings (SSSR count). The number of hydrogen-bond donors (Lipinski definition) is 0. The highest BCUT2D eigenvalue weighted by Crippen LogP contribution is 2.45. The minimum Gasteiger partial charge on any atom is -0.493 e. The average Bonchev–Trinajstić information content (AvgIpc) is 2.26. The first kappa shape index (κ1) is 12.3. The maximum absolute atomic E-state index is 13.0. The smallest absolute Gasteiger partial charge is 0.416 e. The number of ether oxygens (including phenoxy) is 1. The van der Waals surface area contributed by atoms with E-state index < -0.39 is 11.7 Å². The quantitative estimate of drug-likeness (QED) is 0.718. The highest BCUT2D eigenvalue weighted by molar-refractivity contribution is 5.45. The number of rotatable bonds is 1. The molecular formula is C13H15F3O. The standard InChI is InChI=1S/C13H15F3O/c1-8(2)9-6-7-17-11-5-3-4-10(12(9)11)13(14,15)16/h3-5,8-9H,6-7H2,1-2H3. The number of benzene rings is 1. The van der Waals surface area contributed by atoms with Gasteiger partial charge in [-0.1, -0.05) is 19.9 Å². The molecule has 1 aliphatic heterocycles. The molecule has 0 fully saturated rings. The third-order valence-corrected chi connectivity index (χ3v) is 3.23. The Kier molecular flexibility index (Phi) is 3.06. The van der Waals surface area contributed by atoms with Crippen molar-refractivity contribution < 1.29 is 17.9 Å². The van der Waals surface area contributed by atoms with E-state index in [0.29, 0.717) is 24.3 Å². The van der Waals surface area contributed by atoms with E-state index in [1.165, 1.54) is 6.07 Å². The molecule has 17 heavy (non-hydrogen) atoms. The molecule has 0 N–H and O–H groups in total. The summed E-state index contributed by atoms with van der Waals surface area (Å²) in [6.07, 6.45) is -3.66. The number of hydrogen-bond acceptors (Lipinski definition) is 1. The van der Waals surface area contributed by atoms with Gasteiger partial charge in [-0.3, -0.25) is 0 Å². The predicted octanol–water partition coefficient (Wildman–Crippen LogP) is 4.23. The highest BCUT2D eigenvalue weighted by atomic mass is 19.4. The van der Waals surface area contributed by atoms with Crippen molar-refractivity contribution in [3.05, 3.63) is 29.3 Å². The molecule has 0 aromatic heterocycles. The SMILES string of the molecule is CC(C)C1CCOc2cccc(C(F)(F)F)c21. The van der Waals surface area contributed by atoms with Crippen LogP contribution in [0.3, 0.4) is 0 Å². The molecule has 1 unspecified atom stereocenters. The van der Waals surface area contributed by atoms with E-state index >= 15 is 0 Å². The Morgan fingerprint density at radius 1 is 1.29 bits per heavy atom. The summed E-state index contributed by atoms with van der Waals surface area (Å²) in [5, 5.41) is 0. The van der Waals surface area contributed by atoms with Crippen molar-refractivity contribution in [2.75, 3.05) is 6.61 Å². The van der Waals surface area contributed by atoms with Crippen molar-refractivity contribution in [2.45, 2.75) is 32.4 Å². The maximum atomic E-state index is 13.0. The van der Waals surface area contributed by atoms with Crippen LogP contribution in [0.2, 0.25) is 0 Å². The van der Waals surface area contributed by atoms with Crippen molar-refractivity contribution in [3.63, 3.8) is 0 Å². The van der Waals surface area contributed by atoms with Gasteiger partial charge in [-0.25, -0.2) is 0 Å². The Hall–Kier alpha value is -1.19. The van der Waals surface area contributed by atoms with Crippen LogP contribution in [0.5, 0.6) is 5.75 Å². The van der Waals surface area contributed by atoms with Crippen molar-refractivity contribution in [1.82, 2.24) is 0 Å². The zero-order valence-corrected chi connectivity index (χ0v) is 9.84. The zero-order valence-electron chi connectivity index (χ0n) is 9.84. The fourth-order valence-corrected chi connectivity index (χ4v) is 2.41. The summed E-state index contributed by atoms with van der Waals surface area (Å²) in [5.74, 6) is 0.502. The molecule has 1 atom stereocenters. The van der Waals surface area contributed by atoms with Gasteiger partial charge in [-0.05, 0) is 30.4 Å². The Morgan fingerprint density at radius 2 is 2.00 bits per heavy atom. The fourth-order valence-electron chi connectivity index (χ4n) is 2.41. The van der Waals surface area contributed by atoms with E-state index in [1.54, 1.807) is 6.07 Å². The van der Waals surface area contributed by atoms with Gasteiger partial charge in [0.1, 0.15) is 5.75 Å². The first-order chi connectivity index (χ1) is 7.91. The second kappa shape index (κ2) is 4.24. The third-order valence-electron chi connectivity index (χ3n) is 3.23. The van der Waals surface area contributed by atoms with Crippen LogP contribution in [-0.4, -0.2) is 6.61 Å². The van der Waals surface area contributed by atoms with Crippen LogP contribution in [0.1, 0.15) is 37.3 Å². The molecule has 4 heteroatoms. The molecular weight excluding hydrogens is 229 g/mol. The molecule has 1 aromatic carbocycles. The summed E-state index contributed by atoms with van der Waals surface area (Å²) >= 11 is 0. The van der Waals surface area contributed by atoms with Gasteiger partial charge in [0.15, 0.2) is 0 Å². The van der Waals surface area contributed by atoms with Crippen LogP contribution < -0.4 is 4.74 Å². The number of halogens is 3. The molecule has 0 spiro atoms. The molecule has 0 bridgehead atoms. The number of fused-ring (bicyclic) bond motifs is 1. The third kappa shape index (κ3) is 2.26. The predicted molar refractivity (Wildman–Crippen MR) is 59.1 cm³/mol. The van der Waals surface area contributed by atoms with E-state index in [0.717, 1.165) is 6.07 Å². The van der Waals surface area contributed by atoms with Gasteiger partial charge < -0.3 is 4.74 Å². The molecule has 1 heterocycles. The Morgan fingerprint density at radius 3 is 2.59 bits per heavy atom.